The van der Waals surface area contributed by atoms with Crippen molar-refractivity contribution in [2.24, 2.45) is 0 Å². The molecule has 7 aromatic carbocycles. The van der Waals surface area contributed by atoms with Crippen LogP contribution in [-0.2, 0) is 0 Å². The van der Waals surface area contributed by atoms with E-state index in [1.165, 1.54) is 66.1 Å². The van der Waals surface area contributed by atoms with Crippen LogP contribution in [-0.4, -0.2) is 0 Å². The van der Waals surface area contributed by atoms with Gasteiger partial charge in [-0.2, -0.15) is 0 Å². The van der Waals surface area contributed by atoms with Crippen LogP contribution in [0.2, 0.25) is 0 Å². The van der Waals surface area contributed by atoms with E-state index in [4.69, 9.17) is 0 Å². The van der Waals surface area contributed by atoms with Gasteiger partial charge in [-0.3, -0.25) is 0 Å². The van der Waals surface area contributed by atoms with Gasteiger partial charge in [-0.15, -0.1) is 0 Å². The normalized spacial score (nSPS) is 11.2. The minimum Gasteiger partial charge on any atom is -0.0622 e. The molecular weight excluding hydrogens is 456 g/mol. The van der Waals surface area contributed by atoms with Crippen LogP contribution in [0, 0.1) is 0 Å². The van der Waals surface area contributed by atoms with Gasteiger partial charge < -0.3 is 0 Å². The van der Waals surface area contributed by atoms with Crippen LogP contribution in [0.25, 0.3) is 66.1 Å². The van der Waals surface area contributed by atoms with E-state index >= 15 is 0 Å². The Morgan fingerprint density at radius 3 is 0.947 bits per heavy atom. The molecule has 0 N–H and O–H groups in total. The molecule has 7 rings (SSSR count). The zero-order valence-electron chi connectivity index (χ0n) is 21.0. The second kappa shape index (κ2) is 9.50. The third kappa shape index (κ3) is 4.27. The molecule has 0 aliphatic heterocycles. The Morgan fingerprint density at radius 2 is 0.474 bits per heavy atom. The average molecular weight is 483 g/mol. The zero-order chi connectivity index (χ0) is 25.3. The Kier molecular flexibility index (Phi) is 5.57. The second-order valence-corrected chi connectivity index (χ2v) is 9.86. The highest BCUT2D eigenvalue weighted by Crippen LogP contribution is 2.31. The Bertz CT molecular complexity index is 1880. The fraction of sp³-hybridized carbons (Fsp3) is 0. The first-order valence-electron chi connectivity index (χ1n) is 13.1. The van der Waals surface area contributed by atoms with E-state index in [1.54, 1.807) is 0 Å². The van der Waals surface area contributed by atoms with E-state index in [2.05, 4.69) is 158 Å². The maximum absolute atomic E-state index is 2.29. The highest BCUT2D eigenvalue weighted by molar-refractivity contribution is 5.91. The van der Waals surface area contributed by atoms with E-state index < -0.39 is 0 Å². The van der Waals surface area contributed by atoms with Crippen molar-refractivity contribution >= 4 is 21.5 Å². The molecule has 0 saturated heterocycles. The van der Waals surface area contributed by atoms with Crippen LogP contribution in [0.15, 0.2) is 158 Å². The van der Waals surface area contributed by atoms with Gasteiger partial charge in [0.15, 0.2) is 0 Å². The fourth-order valence-corrected chi connectivity index (χ4v) is 5.31. The van der Waals surface area contributed by atoms with Gasteiger partial charge in [0.05, 0.1) is 0 Å². The van der Waals surface area contributed by atoms with Crippen molar-refractivity contribution in [1.82, 2.24) is 0 Å². The number of rotatable bonds is 4. The molecule has 0 unspecified atom stereocenters. The average Bonchev–Trinajstić information content (AvgIpc) is 3.01. The smallest absolute Gasteiger partial charge is 0.0177 e. The summed E-state index contributed by atoms with van der Waals surface area (Å²) >= 11 is 0. The molecule has 0 spiro atoms. The summed E-state index contributed by atoms with van der Waals surface area (Å²) in [6, 6.07) is 57.0. The standard InChI is InChI=1S/C38H26/c1-2-6-27(7-3-1)29-10-12-30(13-11-29)35-20-22-38-26-36(21-23-37(38)25-35)32-16-14-31(15-17-32)34-19-18-28-8-4-5-9-33(28)24-34/h1-26H. The minimum absolute atomic E-state index is 1.23. The second-order valence-electron chi connectivity index (χ2n) is 9.86. The molecule has 0 radical (unpaired) electrons. The first kappa shape index (κ1) is 22.3. The van der Waals surface area contributed by atoms with E-state index in [9.17, 15) is 0 Å². The number of fused-ring (bicyclic) bond motifs is 2. The molecule has 0 heteroatoms. The van der Waals surface area contributed by atoms with Crippen molar-refractivity contribution in [2.45, 2.75) is 0 Å². The molecule has 0 amide bonds. The van der Waals surface area contributed by atoms with Crippen LogP contribution in [0.5, 0.6) is 0 Å². The Morgan fingerprint density at radius 1 is 0.184 bits per heavy atom. The van der Waals surface area contributed by atoms with Crippen molar-refractivity contribution < 1.29 is 0 Å². The summed E-state index contributed by atoms with van der Waals surface area (Å²) < 4.78 is 0. The van der Waals surface area contributed by atoms with Gasteiger partial charge >= 0.3 is 0 Å². The van der Waals surface area contributed by atoms with Gasteiger partial charge in [0, 0.05) is 0 Å². The highest BCUT2D eigenvalue weighted by atomic mass is 14.1. The quantitative estimate of drug-likeness (QED) is 0.234. The van der Waals surface area contributed by atoms with Crippen LogP contribution >= 0.6 is 0 Å². The van der Waals surface area contributed by atoms with Gasteiger partial charge in [0.1, 0.15) is 0 Å². The minimum atomic E-state index is 1.23. The molecule has 0 aliphatic rings. The number of benzene rings is 7. The maximum atomic E-state index is 2.29. The van der Waals surface area contributed by atoms with Crippen molar-refractivity contribution in [3.8, 4) is 44.5 Å². The molecular formula is C38H26. The van der Waals surface area contributed by atoms with Gasteiger partial charge in [0.2, 0.25) is 0 Å². The predicted molar refractivity (Wildman–Crippen MR) is 163 cm³/mol. The maximum Gasteiger partial charge on any atom is -0.0177 e. The van der Waals surface area contributed by atoms with E-state index in [-0.39, 0.29) is 0 Å². The Hall–Kier alpha value is -4.94. The molecule has 0 nitrogen and oxygen atoms in total. The summed E-state index contributed by atoms with van der Waals surface area (Å²) in [4.78, 5) is 0. The lowest BCUT2D eigenvalue weighted by Gasteiger charge is -2.09. The number of hydrogen-bond donors (Lipinski definition) is 0. The topological polar surface area (TPSA) is 0 Å². The first-order chi connectivity index (χ1) is 18.8. The fourth-order valence-electron chi connectivity index (χ4n) is 5.31. The summed E-state index contributed by atoms with van der Waals surface area (Å²) in [6.45, 7) is 0. The molecule has 0 bridgehead atoms. The first-order valence-corrected chi connectivity index (χ1v) is 13.1. The summed E-state index contributed by atoms with van der Waals surface area (Å²) in [5.41, 5.74) is 9.92. The predicted octanol–water partition coefficient (Wildman–Crippen LogP) is 10.7. The highest BCUT2D eigenvalue weighted by Gasteiger charge is 2.06. The third-order valence-electron chi connectivity index (χ3n) is 7.47. The molecule has 178 valence electrons. The van der Waals surface area contributed by atoms with Gasteiger partial charge in [0.25, 0.3) is 0 Å². The lowest BCUT2D eigenvalue weighted by Crippen LogP contribution is -1.84. The van der Waals surface area contributed by atoms with E-state index in [0.717, 1.165) is 0 Å². The van der Waals surface area contributed by atoms with Crippen LogP contribution in [0.1, 0.15) is 0 Å². The molecule has 38 heavy (non-hydrogen) atoms. The van der Waals surface area contributed by atoms with Crippen LogP contribution in [0.3, 0.4) is 0 Å². The third-order valence-corrected chi connectivity index (χ3v) is 7.47. The summed E-state index contributed by atoms with van der Waals surface area (Å²) in [5.74, 6) is 0. The van der Waals surface area contributed by atoms with E-state index in [0.29, 0.717) is 0 Å². The number of hydrogen-bond acceptors (Lipinski definition) is 0. The molecule has 0 atom stereocenters. The monoisotopic (exact) mass is 482 g/mol. The van der Waals surface area contributed by atoms with Crippen LogP contribution < -0.4 is 0 Å². The molecule has 0 fully saturated rings. The van der Waals surface area contributed by atoms with Crippen molar-refractivity contribution in [1.29, 1.82) is 0 Å². The van der Waals surface area contributed by atoms with E-state index in [1.807, 2.05) is 0 Å². The zero-order valence-corrected chi connectivity index (χ0v) is 21.0. The molecule has 7 aromatic rings. The molecule has 0 saturated carbocycles. The van der Waals surface area contributed by atoms with Crippen LogP contribution in [0.4, 0.5) is 0 Å². The molecule has 0 heterocycles. The van der Waals surface area contributed by atoms with Gasteiger partial charge in [-0.1, -0.05) is 140 Å². The van der Waals surface area contributed by atoms with Crippen molar-refractivity contribution in [3.05, 3.63) is 158 Å². The lowest BCUT2D eigenvalue weighted by molar-refractivity contribution is 1.59. The Balaban J connectivity index is 1.14. The SMILES string of the molecule is c1ccc(-c2ccc(-c3ccc4cc(-c5ccc(-c6ccc7ccccc7c6)cc5)ccc4c3)cc2)cc1. The summed E-state index contributed by atoms with van der Waals surface area (Å²) in [6.07, 6.45) is 0. The Labute approximate surface area is 223 Å². The van der Waals surface area contributed by atoms with Gasteiger partial charge in [-0.05, 0) is 84.3 Å². The van der Waals surface area contributed by atoms with Crippen molar-refractivity contribution in [2.75, 3.05) is 0 Å². The van der Waals surface area contributed by atoms with Crippen molar-refractivity contribution in [3.63, 3.8) is 0 Å². The molecule has 0 aliphatic carbocycles. The largest absolute Gasteiger partial charge is 0.0622 e. The van der Waals surface area contributed by atoms with Gasteiger partial charge in [-0.25, -0.2) is 0 Å². The molecule has 0 aromatic heterocycles. The summed E-state index contributed by atoms with van der Waals surface area (Å²) in [7, 11) is 0. The lowest BCUT2D eigenvalue weighted by atomic mass is 9.95. The summed E-state index contributed by atoms with van der Waals surface area (Å²) in [5, 5.41) is 5.06.